The Labute approximate surface area is 152 Å². The number of imidazole rings is 1. The van der Waals surface area contributed by atoms with Crippen LogP contribution in [0.5, 0.6) is 0 Å². The fraction of sp³-hybridized carbons (Fsp3) is 0.529. The third-order valence-corrected chi connectivity index (χ3v) is 7.68. The van der Waals surface area contributed by atoms with Crippen molar-refractivity contribution in [2.45, 2.75) is 43.0 Å². The van der Waals surface area contributed by atoms with E-state index in [0.29, 0.717) is 38.2 Å². The van der Waals surface area contributed by atoms with Crippen LogP contribution in [0.1, 0.15) is 31.4 Å². The van der Waals surface area contributed by atoms with Crippen LogP contribution in [0.2, 0.25) is 0 Å². The van der Waals surface area contributed by atoms with Crippen LogP contribution in [0.25, 0.3) is 0 Å². The van der Waals surface area contributed by atoms with Gasteiger partial charge in [0.2, 0.25) is 15.9 Å². The molecule has 8 nitrogen and oxygen atoms in total. The number of carbonyl (C=O) groups excluding carboxylic acids is 1. The van der Waals surface area contributed by atoms with Crippen LogP contribution in [-0.2, 0) is 26.9 Å². The minimum absolute atomic E-state index is 0.143. The lowest BCUT2D eigenvalue weighted by molar-refractivity contribution is -0.132. The van der Waals surface area contributed by atoms with E-state index in [4.69, 9.17) is 4.42 Å². The fourth-order valence-electron chi connectivity index (χ4n) is 3.55. The minimum atomic E-state index is -3.22. The number of rotatable bonds is 6. The van der Waals surface area contributed by atoms with E-state index in [1.807, 2.05) is 0 Å². The van der Waals surface area contributed by atoms with Gasteiger partial charge in [-0.2, -0.15) is 0 Å². The maximum Gasteiger partial charge on any atom is 0.246 e. The molecule has 26 heavy (non-hydrogen) atoms. The Kier molecular flexibility index (Phi) is 4.36. The van der Waals surface area contributed by atoms with Crippen LogP contribution < -0.4 is 5.32 Å². The monoisotopic (exact) mass is 378 g/mol. The highest BCUT2D eigenvalue weighted by molar-refractivity contribution is 7.90. The van der Waals surface area contributed by atoms with E-state index in [0.717, 1.165) is 12.8 Å². The first-order valence-corrected chi connectivity index (χ1v) is 10.3. The van der Waals surface area contributed by atoms with Crippen molar-refractivity contribution in [3.05, 3.63) is 42.9 Å². The van der Waals surface area contributed by atoms with E-state index in [2.05, 4.69) is 10.3 Å². The van der Waals surface area contributed by atoms with E-state index >= 15 is 0 Å². The highest BCUT2D eigenvalue weighted by atomic mass is 32.2. The molecule has 1 N–H and O–H groups in total. The lowest BCUT2D eigenvalue weighted by Crippen LogP contribution is -2.55. The summed E-state index contributed by atoms with van der Waals surface area (Å²) < 4.78 is 33.6. The van der Waals surface area contributed by atoms with E-state index in [9.17, 15) is 13.2 Å². The largest absolute Gasteiger partial charge is 0.467 e. The van der Waals surface area contributed by atoms with Crippen molar-refractivity contribution in [2.24, 2.45) is 0 Å². The molecule has 0 atom stereocenters. The van der Waals surface area contributed by atoms with Crippen LogP contribution in [0, 0.1) is 0 Å². The molecule has 2 aliphatic rings. The molecule has 2 aromatic heterocycles. The molecule has 1 aliphatic carbocycles. The van der Waals surface area contributed by atoms with Gasteiger partial charge in [0.1, 0.15) is 11.3 Å². The molecule has 1 saturated heterocycles. The number of hydrogen-bond acceptors (Lipinski definition) is 5. The van der Waals surface area contributed by atoms with E-state index in [1.54, 1.807) is 46.0 Å². The van der Waals surface area contributed by atoms with Crippen LogP contribution in [0.15, 0.2) is 41.5 Å². The Morgan fingerprint density at radius 3 is 2.69 bits per heavy atom. The number of nitrogens with one attached hydrogen (secondary N) is 1. The molecule has 0 aromatic carbocycles. The fourth-order valence-corrected chi connectivity index (χ4v) is 5.39. The Morgan fingerprint density at radius 1 is 1.35 bits per heavy atom. The number of aromatic nitrogens is 2. The molecule has 1 amide bonds. The lowest BCUT2D eigenvalue weighted by atomic mass is 9.87. The number of sulfonamides is 1. The van der Waals surface area contributed by atoms with Gasteiger partial charge in [-0.15, -0.1) is 0 Å². The summed E-state index contributed by atoms with van der Waals surface area (Å²) in [4.78, 5) is 17.1. The molecule has 4 rings (SSSR count). The lowest BCUT2D eigenvalue weighted by Gasteiger charge is -2.40. The summed E-state index contributed by atoms with van der Waals surface area (Å²) in [6.07, 6.45) is 8.90. The number of amides is 1. The minimum Gasteiger partial charge on any atom is -0.467 e. The molecule has 1 aliphatic heterocycles. The van der Waals surface area contributed by atoms with Crippen LogP contribution in [0.3, 0.4) is 0 Å². The maximum atomic E-state index is 13.0. The number of furan rings is 1. The van der Waals surface area contributed by atoms with Crippen LogP contribution >= 0.6 is 0 Å². The molecule has 1 saturated carbocycles. The summed E-state index contributed by atoms with van der Waals surface area (Å²) in [5, 5.41) is 2.70. The Bertz CT molecular complexity index is 849. The van der Waals surface area contributed by atoms with Crippen LogP contribution in [-0.4, -0.2) is 46.5 Å². The zero-order valence-corrected chi connectivity index (χ0v) is 15.2. The summed E-state index contributed by atoms with van der Waals surface area (Å²) >= 11 is 0. The number of piperidine rings is 1. The summed E-state index contributed by atoms with van der Waals surface area (Å²) in [5.41, 5.74) is -0.835. The topological polar surface area (TPSA) is 97.4 Å². The van der Waals surface area contributed by atoms with Gasteiger partial charge in [-0.1, -0.05) is 0 Å². The Balaban J connectivity index is 1.51. The summed E-state index contributed by atoms with van der Waals surface area (Å²) in [7, 11) is -3.22. The predicted octanol–water partition coefficient (Wildman–Crippen LogP) is 1.08. The molecule has 0 bridgehead atoms. The zero-order chi connectivity index (χ0) is 18.2. The Morgan fingerprint density at radius 2 is 2.12 bits per heavy atom. The van der Waals surface area contributed by atoms with Gasteiger partial charge in [0.05, 0.1) is 24.4 Å². The summed E-state index contributed by atoms with van der Waals surface area (Å²) in [6.45, 7) is 0.975. The smallest absolute Gasteiger partial charge is 0.246 e. The van der Waals surface area contributed by atoms with E-state index in [1.165, 1.54) is 0 Å². The van der Waals surface area contributed by atoms with E-state index in [-0.39, 0.29) is 11.2 Å². The van der Waals surface area contributed by atoms with Crippen molar-refractivity contribution >= 4 is 15.9 Å². The average molecular weight is 378 g/mol. The highest BCUT2D eigenvalue weighted by Gasteiger charge is 2.48. The molecule has 140 valence electrons. The van der Waals surface area contributed by atoms with Crippen molar-refractivity contribution in [1.82, 2.24) is 19.2 Å². The first-order chi connectivity index (χ1) is 12.5. The SMILES string of the molecule is O=C(NCc1ccco1)C1(n2ccnc2)CCN(S(=O)(=O)C2CC2)CC1. The molecule has 2 aromatic rings. The van der Waals surface area contributed by atoms with Gasteiger partial charge < -0.3 is 14.3 Å². The molecular formula is C17H22N4O4S. The van der Waals surface area contributed by atoms with Gasteiger partial charge in [-0.05, 0) is 37.8 Å². The van der Waals surface area contributed by atoms with Gasteiger partial charge in [0.15, 0.2) is 0 Å². The third-order valence-electron chi connectivity index (χ3n) is 5.28. The molecular weight excluding hydrogens is 356 g/mol. The average Bonchev–Trinajstić information content (AvgIpc) is 3.14. The van der Waals surface area contributed by atoms with Gasteiger partial charge >= 0.3 is 0 Å². The van der Waals surface area contributed by atoms with Crippen molar-refractivity contribution in [3.63, 3.8) is 0 Å². The summed E-state index contributed by atoms with van der Waals surface area (Å²) in [5.74, 6) is 0.531. The molecule has 0 unspecified atom stereocenters. The third kappa shape index (κ3) is 3.05. The van der Waals surface area contributed by atoms with Gasteiger partial charge in [0.25, 0.3) is 0 Å². The molecule has 2 fully saturated rings. The van der Waals surface area contributed by atoms with Crippen molar-refractivity contribution in [2.75, 3.05) is 13.1 Å². The van der Waals surface area contributed by atoms with Crippen LogP contribution in [0.4, 0.5) is 0 Å². The molecule has 3 heterocycles. The van der Waals surface area contributed by atoms with Gasteiger partial charge in [-0.3, -0.25) is 4.79 Å². The summed E-state index contributed by atoms with van der Waals surface area (Å²) in [6, 6.07) is 3.57. The normalized spacial score (nSPS) is 20.8. The number of hydrogen-bond donors (Lipinski definition) is 1. The van der Waals surface area contributed by atoms with Crippen molar-refractivity contribution in [3.8, 4) is 0 Å². The quantitative estimate of drug-likeness (QED) is 0.811. The van der Waals surface area contributed by atoms with Gasteiger partial charge in [0, 0.05) is 25.5 Å². The first-order valence-electron chi connectivity index (χ1n) is 8.80. The number of carbonyl (C=O) groups is 1. The Hall–Kier alpha value is -2.13. The predicted molar refractivity (Wildman–Crippen MR) is 93.5 cm³/mol. The van der Waals surface area contributed by atoms with E-state index < -0.39 is 15.6 Å². The first kappa shape index (κ1) is 17.3. The molecule has 0 spiro atoms. The van der Waals surface area contributed by atoms with Crippen molar-refractivity contribution in [1.29, 1.82) is 0 Å². The van der Waals surface area contributed by atoms with Gasteiger partial charge in [-0.25, -0.2) is 17.7 Å². The maximum absolute atomic E-state index is 13.0. The second-order valence-corrected chi connectivity index (χ2v) is 9.12. The standard InChI is InChI=1S/C17H22N4O4S/c22-16(19-12-14-2-1-11-25-14)17(20-10-7-18-13-20)5-8-21(9-6-17)26(23,24)15-3-4-15/h1-2,7,10-11,13,15H,3-6,8-9,12H2,(H,19,22). The van der Waals surface area contributed by atoms with Crippen molar-refractivity contribution < 1.29 is 17.6 Å². The number of nitrogens with zero attached hydrogens (tertiary/aromatic N) is 3. The molecule has 0 radical (unpaired) electrons. The second-order valence-electron chi connectivity index (χ2n) is 6.91. The zero-order valence-electron chi connectivity index (χ0n) is 14.4. The second kappa shape index (κ2) is 6.55. The molecule has 9 heteroatoms. The highest BCUT2D eigenvalue weighted by Crippen LogP contribution is 2.36.